The number of hydrogen-bond acceptors (Lipinski definition) is 6. The summed E-state index contributed by atoms with van der Waals surface area (Å²) in [5, 5.41) is 10.0. The highest BCUT2D eigenvalue weighted by atomic mass is 127. The minimum absolute atomic E-state index is 0.105. The molecule has 0 radical (unpaired) electrons. The molecule has 0 aromatic heterocycles. The Morgan fingerprint density at radius 2 is 2.47 bits per heavy atom. The molecule has 0 aliphatic carbocycles. The summed E-state index contributed by atoms with van der Waals surface area (Å²) in [6.45, 7) is 1.96. The average Bonchev–Trinajstić information content (AvgIpc) is 2.30. The molecule has 0 bridgehead atoms. The van der Waals surface area contributed by atoms with E-state index in [1.165, 1.54) is 11.1 Å². The van der Waals surface area contributed by atoms with Crippen molar-refractivity contribution in [1.82, 2.24) is 4.90 Å². The van der Waals surface area contributed by atoms with Gasteiger partial charge in [-0.1, -0.05) is 0 Å². The van der Waals surface area contributed by atoms with Crippen LogP contribution >= 0.6 is 22.6 Å². The molecule has 0 fully saturated rings. The zero-order valence-corrected chi connectivity index (χ0v) is 11.2. The maximum atomic E-state index is 11.6. The molecule has 0 amide bonds. The Morgan fingerprint density at radius 3 is 3.18 bits per heavy atom. The lowest BCUT2D eigenvalue weighted by atomic mass is 10.2. The maximum absolute atomic E-state index is 11.6. The predicted octanol–water partition coefficient (Wildman–Crippen LogP) is 0.784. The fourth-order valence-electron chi connectivity index (χ4n) is 1.41. The van der Waals surface area contributed by atoms with Crippen LogP contribution in [0.15, 0.2) is 31.5 Å². The molecule has 0 aromatic carbocycles. The Morgan fingerprint density at radius 1 is 1.71 bits per heavy atom. The molecule has 0 unspecified atom stereocenters. The van der Waals surface area contributed by atoms with E-state index in [2.05, 4.69) is 32.6 Å². The zero-order chi connectivity index (χ0) is 12.4. The van der Waals surface area contributed by atoms with E-state index < -0.39 is 12.2 Å². The fourth-order valence-corrected chi connectivity index (χ4v) is 1.85. The molecule has 2 rings (SSSR count). The molecule has 17 heavy (non-hydrogen) atoms. The number of fused-ring (bicyclic) bond motifs is 1. The van der Waals surface area contributed by atoms with Crippen molar-refractivity contribution >= 4 is 40.7 Å². The van der Waals surface area contributed by atoms with Gasteiger partial charge in [0.25, 0.3) is 0 Å². The molecule has 0 saturated carbocycles. The molecule has 7 heteroatoms. The lowest BCUT2D eigenvalue weighted by Gasteiger charge is -2.30. The number of carbonyl (C=O) groups excluding carboxylic acids is 1. The minimum atomic E-state index is -1.11. The molecule has 90 valence electrons. The number of ether oxygens (including phenoxy) is 1. The average molecular weight is 347 g/mol. The fraction of sp³-hybridized carbons (Fsp3) is 0.300. The van der Waals surface area contributed by atoms with Gasteiger partial charge in [0.15, 0.2) is 6.23 Å². The molecule has 0 aromatic rings. The van der Waals surface area contributed by atoms with Crippen LogP contribution in [0.4, 0.5) is 0 Å². The number of rotatable bonds is 2. The van der Waals surface area contributed by atoms with Gasteiger partial charge < -0.3 is 9.84 Å². The van der Waals surface area contributed by atoms with Gasteiger partial charge in [0.2, 0.25) is 5.96 Å². The largest absolute Gasteiger partial charge is 0.462 e. The number of halogens is 1. The predicted molar refractivity (Wildman–Crippen MR) is 70.6 cm³/mol. The number of hydrogen-bond donors (Lipinski definition) is 1. The highest BCUT2D eigenvalue weighted by molar-refractivity contribution is 14.1. The van der Waals surface area contributed by atoms with Crippen molar-refractivity contribution in [3.05, 3.63) is 21.6 Å². The molecular weight excluding hydrogens is 337 g/mol. The van der Waals surface area contributed by atoms with E-state index in [0.717, 1.165) is 3.58 Å². The number of aliphatic imine (C=N–C) groups is 2. The van der Waals surface area contributed by atoms with Crippen molar-refractivity contribution in [2.24, 2.45) is 9.98 Å². The lowest BCUT2D eigenvalue weighted by Crippen LogP contribution is -2.42. The van der Waals surface area contributed by atoms with Gasteiger partial charge in [-0.05, 0) is 29.5 Å². The number of nitrogens with zero attached hydrogens (tertiary/aromatic N) is 3. The van der Waals surface area contributed by atoms with Gasteiger partial charge >= 0.3 is 5.97 Å². The zero-order valence-electron chi connectivity index (χ0n) is 9.00. The van der Waals surface area contributed by atoms with Crippen molar-refractivity contribution < 1.29 is 14.6 Å². The van der Waals surface area contributed by atoms with Crippen molar-refractivity contribution in [2.75, 3.05) is 6.61 Å². The second kappa shape index (κ2) is 4.96. The van der Waals surface area contributed by atoms with E-state index in [1.54, 1.807) is 19.3 Å². The van der Waals surface area contributed by atoms with Gasteiger partial charge in [0.1, 0.15) is 5.57 Å². The van der Waals surface area contributed by atoms with Crippen LogP contribution in [0.1, 0.15) is 6.92 Å². The molecule has 1 N–H and O–H groups in total. The molecule has 1 atom stereocenters. The normalized spacial score (nSPS) is 22.4. The lowest BCUT2D eigenvalue weighted by molar-refractivity contribution is -0.140. The van der Waals surface area contributed by atoms with Crippen LogP contribution in [0, 0.1) is 0 Å². The summed E-state index contributed by atoms with van der Waals surface area (Å²) in [5.74, 6) is -0.216. The Balaban J connectivity index is 2.28. The van der Waals surface area contributed by atoms with Crippen LogP contribution in [-0.4, -0.2) is 41.0 Å². The van der Waals surface area contributed by atoms with Crippen LogP contribution in [0.2, 0.25) is 0 Å². The van der Waals surface area contributed by atoms with Crippen LogP contribution in [0.5, 0.6) is 0 Å². The van der Waals surface area contributed by atoms with Gasteiger partial charge in [0.05, 0.1) is 6.61 Å². The first kappa shape index (κ1) is 12.2. The standard InChI is InChI=1S/C10H10IN3O3/c1-2-17-9(16)7-4-13-10-12-3-6(11)5-14(10)8(7)15/h3-5,8,15H,2H2,1H3/t8-/m1/s1. The van der Waals surface area contributed by atoms with Crippen LogP contribution in [0.25, 0.3) is 0 Å². The first-order valence-corrected chi connectivity index (χ1v) is 6.04. The Labute approximate surface area is 112 Å². The van der Waals surface area contributed by atoms with Crippen molar-refractivity contribution in [2.45, 2.75) is 13.2 Å². The quantitative estimate of drug-likeness (QED) is 0.592. The first-order chi connectivity index (χ1) is 8.13. The minimum Gasteiger partial charge on any atom is -0.462 e. The highest BCUT2D eigenvalue weighted by Gasteiger charge is 2.31. The second-order valence-electron chi connectivity index (χ2n) is 3.29. The molecule has 6 nitrogen and oxygen atoms in total. The van der Waals surface area contributed by atoms with Crippen molar-refractivity contribution in [3.63, 3.8) is 0 Å². The maximum Gasteiger partial charge on any atom is 0.340 e. The summed E-state index contributed by atoms with van der Waals surface area (Å²) in [6.07, 6.45) is 3.48. The number of carbonyl (C=O) groups is 1. The monoisotopic (exact) mass is 347 g/mol. The van der Waals surface area contributed by atoms with E-state index >= 15 is 0 Å². The molecular formula is C10H10IN3O3. The van der Waals surface area contributed by atoms with E-state index in [1.807, 2.05) is 0 Å². The number of aliphatic hydroxyl groups is 1. The summed E-state index contributed by atoms with van der Waals surface area (Å²) in [5.41, 5.74) is 0.105. The Kier molecular flexibility index (Phi) is 3.57. The van der Waals surface area contributed by atoms with Crippen LogP contribution in [0.3, 0.4) is 0 Å². The topological polar surface area (TPSA) is 74.5 Å². The molecule has 0 spiro atoms. The van der Waals surface area contributed by atoms with E-state index in [4.69, 9.17) is 4.74 Å². The summed E-state index contributed by atoms with van der Waals surface area (Å²) < 4.78 is 5.67. The molecule has 2 heterocycles. The number of allylic oxidation sites excluding steroid dienone is 1. The van der Waals surface area contributed by atoms with E-state index in [0.29, 0.717) is 5.96 Å². The summed E-state index contributed by atoms with van der Waals surface area (Å²) in [6, 6.07) is 0. The van der Waals surface area contributed by atoms with Crippen molar-refractivity contribution in [3.8, 4) is 0 Å². The van der Waals surface area contributed by atoms with E-state index in [9.17, 15) is 9.90 Å². The summed E-state index contributed by atoms with van der Waals surface area (Å²) in [4.78, 5) is 21.0. The third-order valence-electron chi connectivity index (χ3n) is 2.17. The number of esters is 1. The second-order valence-corrected chi connectivity index (χ2v) is 4.53. The molecule has 2 aliphatic heterocycles. The van der Waals surface area contributed by atoms with Crippen molar-refractivity contribution in [1.29, 1.82) is 0 Å². The SMILES string of the molecule is CCOC(=O)C1=CN=C2N=CC(I)=CN2[C@@H]1O. The van der Waals surface area contributed by atoms with Crippen LogP contribution in [-0.2, 0) is 9.53 Å². The summed E-state index contributed by atoms with van der Waals surface area (Å²) >= 11 is 2.07. The van der Waals surface area contributed by atoms with E-state index in [-0.39, 0.29) is 12.2 Å². The van der Waals surface area contributed by atoms with Gasteiger partial charge in [0, 0.05) is 22.2 Å². The number of guanidine groups is 1. The van der Waals surface area contributed by atoms with Gasteiger partial charge in [-0.15, -0.1) is 0 Å². The number of aliphatic hydroxyl groups excluding tert-OH is 1. The third kappa shape index (κ3) is 2.39. The summed E-state index contributed by atoms with van der Waals surface area (Å²) in [7, 11) is 0. The Hall–Kier alpha value is -1.22. The molecule has 0 saturated heterocycles. The smallest absolute Gasteiger partial charge is 0.340 e. The van der Waals surface area contributed by atoms with Crippen LogP contribution < -0.4 is 0 Å². The first-order valence-electron chi connectivity index (χ1n) is 4.96. The third-order valence-corrected chi connectivity index (χ3v) is 2.73. The highest BCUT2D eigenvalue weighted by Crippen LogP contribution is 2.22. The van der Waals surface area contributed by atoms with Gasteiger partial charge in [-0.2, -0.15) is 0 Å². The van der Waals surface area contributed by atoms with Gasteiger partial charge in [-0.25, -0.2) is 14.8 Å². The van der Waals surface area contributed by atoms with Gasteiger partial charge in [-0.3, -0.25) is 4.90 Å². The molecule has 2 aliphatic rings. The Bertz CT molecular complexity index is 467.